The molecule has 0 saturated carbocycles. The number of sulfone groups is 1. The summed E-state index contributed by atoms with van der Waals surface area (Å²) in [6.07, 6.45) is 0.604. The number of ether oxygens (including phenoxy) is 2. The quantitative estimate of drug-likeness (QED) is 0.657. The molecular formula is C18H30N2O5S. The Morgan fingerprint density at radius 1 is 1.19 bits per heavy atom. The Hall–Kier alpha value is -1.80. The van der Waals surface area contributed by atoms with Crippen LogP contribution in [0.1, 0.15) is 26.7 Å². The second-order valence-electron chi connectivity index (χ2n) is 6.60. The Labute approximate surface area is 156 Å². The van der Waals surface area contributed by atoms with Crippen LogP contribution in [0.4, 0.5) is 0 Å². The number of carbonyl (C=O) groups is 1. The lowest BCUT2D eigenvalue weighted by Gasteiger charge is -2.21. The molecule has 1 aromatic rings. The van der Waals surface area contributed by atoms with Gasteiger partial charge in [-0.1, -0.05) is 13.8 Å². The van der Waals surface area contributed by atoms with Gasteiger partial charge in [0.1, 0.15) is 0 Å². The molecule has 0 aliphatic heterocycles. The molecule has 0 radical (unpaired) electrons. The van der Waals surface area contributed by atoms with E-state index in [1.54, 1.807) is 7.05 Å². The van der Waals surface area contributed by atoms with Crippen molar-refractivity contribution in [2.24, 2.45) is 11.7 Å². The molecule has 0 aromatic heterocycles. The maximum atomic E-state index is 12.5. The van der Waals surface area contributed by atoms with E-state index in [0.29, 0.717) is 30.4 Å². The van der Waals surface area contributed by atoms with E-state index in [4.69, 9.17) is 15.2 Å². The first-order valence-corrected chi connectivity index (χ1v) is 10.2. The van der Waals surface area contributed by atoms with Gasteiger partial charge in [-0.2, -0.15) is 0 Å². The van der Waals surface area contributed by atoms with E-state index in [-0.39, 0.29) is 29.0 Å². The van der Waals surface area contributed by atoms with E-state index in [9.17, 15) is 13.2 Å². The third kappa shape index (κ3) is 6.17. The summed E-state index contributed by atoms with van der Waals surface area (Å²) in [5.74, 6) is 0.638. The minimum atomic E-state index is -3.60. The number of methoxy groups -OCH3 is 2. The lowest BCUT2D eigenvalue weighted by Crippen LogP contribution is -2.35. The van der Waals surface area contributed by atoms with E-state index in [1.807, 2.05) is 13.8 Å². The number of amides is 1. The fourth-order valence-corrected chi connectivity index (χ4v) is 3.58. The molecule has 26 heavy (non-hydrogen) atoms. The first-order chi connectivity index (χ1) is 12.1. The van der Waals surface area contributed by atoms with Gasteiger partial charge in [0.2, 0.25) is 5.91 Å². The van der Waals surface area contributed by atoms with E-state index in [2.05, 4.69) is 0 Å². The molecule has 1 unspecified atom stereocenters. The van der Waals surface area contributed by atoms with Gasteiger partial charge in [-0.05, 0) is 24.5 Å². The van der Waals surface area contributed by atoms with Crippen LogP contribution in [0.25, 0.3) is 0 Å². The topological polar surface area (TPSA) is 98.9 Å². The highest BCUT2D eigenvalue weighted by Crippen LogP contribution is 2.29. The maximum absolute atomic E-state index is 12.5. The average Bonchev–Trinajstić information content (AvgIpc) is 2.62. The molecule has 0 aliphatic carbocycles. The van der Waals surface area contributed by atoms with E-state index in [1.165, 1.54) is 37.3 Å². The first kappa shape index (κ1) is 22.2. The van der Waals surface area contributed by atoms with Crippen molar-refractivity contribution in [1.82, 2.24) is 4.90 Å². The highest BCUT2D eigenvalue weighted by Gasteiger charge is 2.20. The van der Waals surface area contributed by atoms with Crippen LogP contribution in [0.15, 0.2) is 23.1 Å². The molecule has 0 aliphatic rings. The van der Waals surface area contributed by atoms with Gasteiger partial charge >= 0.3 is 0 Å². The second-order valence-corrected chi connectivity index (χ2v) is 8.71. The molecule has 8 heteroatoms. The molecule has 0 saturated heterocycles. The number of hydrogen-bond donors (Lipinski definition) is 1. The Morgan fingerprint density at radius 3 is 2.35 bits per heavy atom. The van der Waals surface area contributed by atoms with Crippen molar-refractivity contribution in [2.45, 2.75) is 37.6 Å². The zero-order chi connectivity index (χ0) is 19.9. The number of carbonyl (C=O) groups excluding carboxylic acids is 1. The Balaban J connectivity index is 2.69. The van der Waals surface area contributed by atoms with Gasteiger partial charge in [0.15, 0.2) is 21.3 Å². The fourth-order valence-electron chi connectivity index (χ4n) is 2.34. The molecule has 1 atom stereocenters. The molecular weight excluding hydrogens is 356 g/mol. The molecule has 7 nitrogen and oxygen atoms in total. The van der Waals surface area contributed by atoms with Crippen LogP contribution in [0, 0.1) is 5.92 Å². The standard InChI is InChI=1S/C18H30N2O5S/c1-13(2)15(19)8-10-20(3)18(21)9-11-26(22,23)14-6-7-16(24-4)17(12-14)25-5/h6-7,12-13,15H,8-11,19H2,1-5H3. The highest BCUT2D eigenvalue weighted by atomic mass is 32.2. The van der Waals surface area contributed by atoms with Crippen molar-refractivity contribution in [3.63, 3.8) is 0 Å². The zero-order valence-electron chi connectivity index (χ0n) is 16.2. The van der Waals surface area contributed by atoms with Gasteiger partial charge in [-0.25, -0.2) is 8.42 Å². The van der Waals surface area contributed by atoms with E-state index in [0.717, 1.165) is 0 Å². The third-order valence-corrected chi connectivity index (χ3v) is 6.09. The monoisotopic (exact) mass is 386 g/mol. The number of nitrogens with two attached hydrogens (primary N) is 1. The summed E-state index contributed by atoms with van der Waals surface area (Å²) in [6, 6.07) is 4.41. The van der Waals surface area contributed by atoms with Crippen LogP contribution in [0.2, 0.25) is 0 Å². The van der Waals surface area contributed by atoms with Crippen molar-refractivity contribution in [3.05, 3.63) is 18.2 Å². The summed E-state index contributed by atoms with van der Waals surface area (Å²) < 4.78 is 35.2. The van der Waals surface area contributed by atoms with Crippen molar-refractivity contribution in [3.8, 4) is 11.5 Å². The van der Waals surface area contributed by atoms with Crippen molar-refractivity contribution < 1.29 is 22.7 Å². The Kier molecular flexibility index (Phi) is 8.36. The van der Waals surface area contributed by atoms with Gasteiger partial charge in [0.05, 0.1) is 24.9 Å². The van der Waals surface area contributed by atoms with Gasteiger partial charge in [0.25, 0.3) is 0 Å². The molecule has 0 spiro atoms. The predicted molar refractivity (Wildman–Crippen MR) is 101 cm³/mol. The summed E-state index contributed by atoms with van der Waals surface area (Å²) in [4.78, 5) is 13.8. The minimum Gasteiger partial charge on any atom is -0.493 e. The lowest BCUT2D eigenvalue weighted by molar-refractivity contribution is -0.129. The number of rotatable bonds is 10. The van der Waals surface area contributed by atoms with Crippen molar-refractivity contribution in [1.29, 1.82) is 0 Å². The van der Waals surface area contributed by atoms with Crippen molar-refractivity contribution in [2.75, 3.05) is 33.6 Å². The number of nitrogens with zero attached hydrogens (tertiary/aromatic N) is 1. The van der Waals surface area contributed by atoms with Gasteiger partial charge in [-0.3, -0.25) is 4.79 Å². The Morgan fingerprint density at radius 2 is 1.81 bits per heavy atom. The molecule has 0 fully saturated rings. The smallest absolute Gasteiger partial charge is 0.223 e. The normalized spacial score (nSPS) is 12.7. The molecule has 1 aromatic carbocycles. The SMILES string of the molecule is COc1ccc(S(=O)(=O)CCC(=O)N(C)CCC(N)C(C)C)cc1OC. The molecule has 2 N–H and O–H groups in total. The van der Waals surface area contributed by atoms with Gasteiger partial charge in [0, 0.05) is 32.1 Å². The lowest BCUT2D eigenvalue weighted by atomic mass is 10.0. The zero-order valence-corrected chi connectivity index (χ0v) is 17.0. The van der Waals surface area contributed by atoms with Crippen LogP contribution < -0.4 is 15.2 Å². The number of benzene rings is 1. The molecule has 1 rings (SSSR count). The summed E-state index contributed by atoms with van der Waals surface area (Å²) in [6.45, 7) is 4.57. The summed E-state index contributed by atoms with van der Waals surface area (Å²) in [5, 5.41) is 0. The Bertz CT molecular complexity index is 704. The number of hydrogen-bond acceptors (Lipinski definition) is 6. The summed E-state index contributed by atoms with van der Waals surface area (Å²) in [5.41, 5.74) is 5.98. The maximum Gasteiger partial charge on any atom is 0.223 e. The summed E-state index contributed by atoms with van der Waals surface area (Å²) in [7, 11) is 0.983. The molecule has 148 valence electrons. The summed E-state index contributed by atoms with van der Waals surface area (Å²) >= 11 is 0. The average molecular weight is 387 g/mol. The third-order valence-electron chi connectivity index (χ3n) is 4.38. The van der Waals surface area contributed by atoms with Crippen LogP contribution >= 0.6 is 0 Å². The van der Waals surface area contributed by atoms with E-state index >= 15 is 0 Å². The van der Waals surface area contributed by atoms with Crippen molar-refractivity contribution >= 4 is 15.7 Å². The second kappa shape index (κ2) is 9.78. The van der Waals surface area contributed by atoms with E-state index < -0.39 is 9.84 Å². The van der Waals surface area contributed by atoms with Crippen LogP contribution in [0.5, 0.6) is 11.5 Å². The first-order valence-electron chi connectivity index (χ1n) is 8.56. The molecule has 0 heterocycles. The van der Waals surface area contributed by atoms with Crippen LogP contribution in [0.3, 0.4) is 0 Å². The minimum absolute atomic E-state index is 0.0146. The fraction of sp³-hybridized carbons (Fsp3) is 0.611. The van der Waals surface area contributed by atoms with Crippen LogP contribution in [-0.2, 0) is 14.6 Å². The highest BCUT2D eigenvalue weighted by molar-refractivity contribution is 7.91. The molecule has 0 bridgehead atoms. The predicted octanol–water partition coefficient (Wildman–Crippen LogP) is 1.70. The molecule has 1 amide bonds. The van der Waals surface area contributed by atoms with Gasteiger partial charge < -0.3 is 20.1 Å². The largest absolute Gasteiger partial charge is 0.493 e. The van der Waals surface area contributed by atoms with Crippen LogP contribution in [-0.4, -0.2) is 58.8 Å². The van der Waals surface area contributed by atoms with Gasteiger partial charge in [-0.15, -0.1) is 0 Å².